The third kappa shape index (κ3) is 6.27. The lowest BCUT2D eigenvalue weighted by Gasteiger charge is -2.22. The molecular weight excluding hydrogens is 572 g/mol. The molecule has 8 nitrogen and oxygen atoms in total. The van der Waals surface area contributed by atoms with Gasteiger partial charge in [0.25, 0.3) is 5.56 Å². The second-order valence-electron chi connectivity index (χ2n) is 8.85. The number of ether oxygens (including phenoxy) is 2. The van der Waals surface area contributed by atoms with Crippen molar-refractivity contribution in [2.75, 3.05) is 0 Å². The van der Waals surface area contributed by atoms with E-state index in [2.05, 4.69) is 0 Å². The fourth-order valence-electron chi connectivity index (χ4n) is 3.96. The smallest absolute Gasteiger partial charge is 0.431 e. The lowest BCUT2D eigenvalue weighted by atomic mass is 10.0. The summed E-state index contributed by atoms with van der Waals surface area (Å²) < 4.78 is 66.8. The van der Waals surface area contributed by atoms with E-state index >= 15 is 4.39 Å². The highest BCUT2D eigenvalue weighted by atomic mass is 35.5. The number of rotatable bonds is 8. The van der Waals surface area contributed by atoms with Gasteiger partial charge in [0.1, 0.15) is 29.1 Å². The van der Waals surface area contributed by atoms with Gasteiger partial charge in [0.2, 0.25) is 0 Å². The average molecular weight is 593 g/mol. The van der Waals surface area contributed by atoms with Gasteiger partial charge in [0, 0.05) is 19.2 Å². The number of carboxylic acids is 1. The number of aromatic nitrogens is 2. The second-order valence-corrected chi connectivity index (χ2v) is 9.26. The van der Waals surface area contributed by atoms with Crippen LogP contribution in [0.5, 0.6) is 11.5 Å². The minimum atomic E-state index is -4.99. The number of hydrogen-bond acceptors (Lipinski definition) is 5. The van der Waals surface area contributed by atoms with E-state index in [-0.39, 0.29) is 31.7 Å². The zero-order valence-corrected chi connectivity index (χ0v) is 22.1. The molecule has 1 aromatic heterocycles. The lowest BCUT2D eigenvalue weighted by molar-refractivity contribution is -0.144. The van der Waals surface area contributed by atoms with Gasteiger partial charge in [-0.15, -0.1) is 0 Å². The number of carbonyl (C=O) groups is 1. The van der Waals surface area contributed by atoms with Gasteiger partial charge in [-0.2, -0.15) is 13.2 Å². The van der Waals surface area contributed by atoms with Crippen LogP contribution in [0.1, 0.15) is 29.8 Å². The van der Waals surface area contributed by atoms with Crippen LogP contribution in [-0.4, -0.2) is 26.3 Å². The first-order valence-corrected chi connectivity index (χ1v) is 12.3. The molecule has 0 fully saturated rings. The zero-order valence-electron chi connectivity index (χ0n) is 21.4. The average Bonchev–Trinajstić information content (AvgIpc) is 2.91. The number of alkyl halides is 3. The highest BCUT2D eigenvalue weighted by Crippen LogP contribution is 2.36. The van der Waals surface area contributed by atoms with E-state index in [1.165, 1.54) is 19.1 Å². The van der Waals surface area contributed by atoms with E-state index in [4.69, 9.17) is 26.2 Å². The summed E-state index contributed by atoms with van der Waals surface area (Å²) in [6.45, 7) is 1.37. The molecule has 0 radical (unpaired) electrons. The largest absolute Gasteiger partial charge is 0.479 e. The Labute approximate surface area is 234 Å². The van der Waals surface area contributed by atoms with E-state index in [0.29, 0.717) is 11.1 Å². The summed E-state index contributed by atoms with van der Waals surface area (Å²) in [5.74, 6) is -2.20. The SMILES string of the molecule is CC(Oc1ccc(C(Oc2cc(-n3c(=O)cc(C(F)(F)F)n(C)c3=O)c(F)cc2Cl)c2ccccc2)cc1)C(=O)O. The van der Waals surface area contributed by atoms with Crippen molar-refractivity contribution in [1.29, 1.82) is 0 Å². The van der Waals surface area contributed by atoms with Crippen molar-refractivity contribution >= 4 is 17.6 Å². The predicted octanol–water partition coefficient (Wildman–Crippen LogP) is 5.37. The van der Waals surface area contributed by atoms with Crippen LogP contribution >= 0.6 is 11.6 Å². The third-order valence-corrected chi connectivity index (χ3v) is 6.34. The molecule has 0 aliphatic carbocycles. The van der Waals surface area contributed by atoms with E-state index in [1.54, 1.807) is 42.5 Å². The fourth-order valence-corrected chi connectivity index (χ4v) is 4.15. The van der Waals surface area contributed by atoms with Gasteiger partial charge < -0.3 is 14.6 Å². The van der Waals surface area contributed by atoms with Crippen molar-refractivity contribution < 1.29 is 36.9 Å². The highest BCUT2D eigenvalue weighted by molar-refractivity contribution is 6.32. The van der Waals surface area contributed by atoms with Gasteiger partial charge in [-0.3, -0.25) is 9.36 Å². The standard InChI is InChI=1S/C28H21ClF4N2O6/c1-15(26(37)38)40-18-10-8-17(9-11-18)25(16-6-4-3-5-7-16)41-22-13-21(20(30)12-19(22)29)35-24(36)14-23(28(31,32)33)34(2)27(35)39/h3-15,25H,1-2H3,(H,37,38). The van der Waals surface area contributed by atoms with Crippen LogP contribution in [0.15, 0.2) is 82.4 Å². The van der Waals surface area contributed by atoms with E-state index in [1.807, 2.05) is 0 Å². The Morgan fingerprint density at radius 3 is 2.15 bits per heavy atom. The summed E-state index contributed by atoms with van der Waals surface area (Å²) in [5.41, 5.74) is -3.84. The molecule has 0 spiro atoms. The number of carboxylic acid groups (broad SMARTS) is 1. The van der Waals surface area contributed by atoms with Crippen LogP contribution in [0.2, 0.25) is 5.02 Å². The summed E-state index contributed by atoms with van der Waals surface area (Å²) in [5, 5.41) is 8.83. The Morgan fingerprint density at radius 1 is 0.951 bits per heavy atom. The molecule has 0 saturated heterocycles. The van der Waals surface area contributed by atoms with Crippen LogP contribution < -0.4 is 20.7 Å². The molecule has 0 bridgehead atoms. The summed E-state index contributed by atoms with van der Waals surface area (Å²) in [7, 11) is 0.808. The Balaban J connectivity index is 1.79. The third-order valence-electron chi connectivity index (χ3n) is 6.04. The van der Waals surface area contributed by atoms with Crippen molar-refractivity contribution in [3.05, 3.63) is 121 Å². The number of benzene rings is 3. The number of halogens is 5. The van der Waals surface area contributed by atoms with Crippen molar-refractivity contribution in [1.82, 2.24) is 9.13 Å². The van der Waals surface area contributed by atoms with Gasteiger partial charge in [0.05, 0.1) is 10.7 Å². The topological polar surface area (TPSA) is 99.8 Å². The molecule has 214 valence electrons. The van der Waals surface area contributed by atoms with Gasteiger partial charge in [-0.25, -0.2) is 18.5 Å². The molecule has 0 aliphatic rings. The molecule has 0 aliphatic heterocycles. The van der Waals surface area contributed by atoms with Crippen LogP contribution in [0, 0.1) is 5.82 Å². The maximum absolute atomic E-state index is 15.0. The summed E-state index contributed by atoms with van der Waals surface area (Å²) >= 11 is 6.26. The molecule has 0 amide bonds. The molecule has 1 heterocycles. The Bertz CT molecular complexity index is 1700. The molecule has 13 heteroatoms. The maximum atomic E-state index is 15.0. The molecule has 2 unspecified atom stereocenters. The van der Waals surface area contributed by atoms with Crippen molar-refractivity contribution in [3.8, 4) is 17.2 Å². The van der Waals surface area contributed by atoms with Crippen LogP contribution in [0.25, 0.3) is 5.69 Å². The number of aliphatic carboxylic acids is 1. The summed E-state index contributed by atoms with van der Waals surface area (Å²) in [6, 6.07) is 16.9. The quantitative estimate of drug-likeness (QED) is 0.276. The van der Waals surface area contributed by atoms with Gasteiger partial charge in [-0.05, 0) is 36.2 Å². The molecule has 41 heavy (non-hydrogen) atoms. The molecule has 2 atom stereocenters. The molecular formula is C28H21ClF4N2O6. The molecule has 1 N–H and O–H groups in total. The molecule has 4 rings (SSSR count). The highest BCUT2D eigenvalue weighted by Gasteiger charge is 2.35. The Hall–Kier alpha value is -4.58. The van der Waals surface area contributed by atoms with E-state index in [0.717, 1.165) is 19.2 Å². The Kier molecular flexibility index (Phi) is 8.24. The predicted molar refractivity (Wildman–Crippen MR) is 140 cm³/mol. The van der Waals surface area contributed by atoms with Crippen molar-refractivity contribution in [3.63, 3.8) is 0 Å². The maximum Gasteiger partial charge on any atom is 0.431 e. The lowest BCUT2D eigenvalue weighted by Crippen LogP contribution is -2.41. The summed E-state index contributed by atoms with van der Waals surface area (Å²) in [6.07, 6.45) is -6.97. The first-order chi connectivity index (χ1) is 19.3. The monoisotopic (exact) mass is 592 g/mol. The van der Waals surface area contributed by atoms with Gasteiger partial charge >= 0.3 is 17.8 Å². The van der Waals surface area contributed by atoms with E-state index < -0.39 is 52.8 Å². The van der Waals surface area contributed by atoms with E-state index in [9.17, 15) is 27.6 Å². The first kappa shape index (κ1) is 29.4. The van der Waals surface area contributed by atoms with Crippen molar-refractivity contribution in [2.24, 2.45) is 7.05 Å². The number of nitrogens with zero attached hydrogens (tertiary/aromatic N) is 2. The normalized spacial score (nSPS) is 13.0. The van der Waals surface area contributed by atoms with Crippen molar-refractivity contribution in [2.45, 2.75) is 25.3 Å². The minimum Gasteiger partial charge on any atom is -0.479 e. The van der Waals surface area contributed by atoms with Crippen LogP contribution in [0.4, 0.5) is 17.6 Å². The zero-order chi connectivity index (χ0) is 30.1. The summed E-state index contributed by atoms with van der Waals surface area (Å²) in [4.78, 5) is 36.4. The first-order valence-electron chi connectivity index (χ1n) is 11.9. The second kappa shape index (κ2) is 11.5. The van der Waals surface area contributed by atoms with Crippen LogP contribution in [0.3, 0.4) is 0 Å². The molecule has 3 aromatic carbocycles. The minimum absolute atomic E-state index is 0.175. The number of hydrogen-bond donors (Lipinski definition) is 1. The fraction of sp³-hybridized carbons (Fsp3) is 0.179. The molecule has 4 aromatic rings. The van der Waals surface area contributed by atoms with Crippen LogP contribution in [-0.2, 0) is 18.0 Å². The molecule has 0 saturated carbocycles. The van der Waals surface area contributed by atoms with Gasteiger partial charge in [-0.1, -0.05) is 54.1 Å². The Morgan fingerprint density at radius 2 is 1.56 bits per heavy atom. The van der Waals surface area contributed by atoms with Gasteiger partial charge in [0.15, 0.2) is 6.10 Å².